The van der Waals surface area contributed by atoms with Gasteiger partial charge in [0.1, 0.15) is 13.2 Å². The average molecular weight is 921 g/mol. The molecule has 0 aliphatic carbocycles. The Balaban J connectivity index is 4.25. The zero-order valence-electron chi connectivity index (χ0n) is 42.7. The van der Waals surface area contributed by atoms with Crippen molar-refractivity contribution in [3.05, 3.63) is 48.6 Å². The number of hydrogen-bond acceptors (Lipinski definition) is 6. The van der Waals surface area contributed by atoms with Gasteiger partial charge in [0.25, 0.3) is 7.82 Å². The van der Waals surface area contributed by atoms with Crippen LogP contribution in [0.2, 0.25) is 0 Å². The third-order valence-electron chi connectivity index (χ3n) is 12.0. The predicted molar refractivity (Wildman–Crippen MR) is 274 cm³/mol. The molecule has 0 rings (SSSR count). The summed E-state index contributed by atoms with van der Waals surface area (Å²) in [6.45, 7) is 4.55. The van der Waals surface area contributed by atoms with Gasteiger partial charge >= 0.3 is 0 Å². The second-order valence-electron chi connectivity index (χ2n) is 19.6. The molecule has 0 aromatic carbocycles. The molecule has 0 heterocycles. The van der Waals surface area contributed by atoms with E-state index in [1.165, 1.54) is 154 Å². The molecule has 0 bridgehead atoms. The van der Waals surface area contributed by atoms with Crippen LogP contribution in [0, 0.1) is 0 Å². The number of unbranched alkanes of at least 4 members (excludes halogenated alkanes) is 30. The van der Waals surface area contributed by atoms with E-state index in [0.29, 0.717) is 17.4 Å². The summed E-state index contributed by atoms with van der Waals surface area (Å²) in [4.78, 5) is 25.4. The van der Waals surface area contributed by atoms with Crippen molar-refractivity contribution < 1.29 is 32.9 Å². The van der Waals surface area contributed by atoms with Gasteiger partial charge in [-0.2, -0.15) is 0 Å². The lowest BCUT2D eigenvalue weighted by molar-refractivity contribution is -0.870. The van der Waals surface area contributed by atoms with E-state index in [9.17, 15) is 19.4 Å². The van der Waals surface area contributed by atoms with E-state index in [-0.39, 0.29) is 19.1 Å². The molecule has 0 aliphatic heterocycles. The lowest BCUT2D eigenvalue weighted by atomic mass is 10.0. The summed E-state index contributed by atoms with van der Waals surface area (Å²) < 4.78 is 23.3. The van der Waals surface area contributed by atoms with Gasteiger partial charge in [0.05, 0.1) is 39.9 Å². The molecule has 3 unspecified atom stereocenters. The van der Waals surface area contributed by atoms with Gasteiger partial charge in [0, 0.05) is 6.42 Å². The van der Waals surface area contributed by atoms with E-state index in [1.54, 1.807) is 6.08 Å². The third-order valence-corrected chi connectivity index (χ3v) is 13.0. The van der Waals surface area contributed by atoms with Crippen LogP contribution < -0.4 is 10.2 Å². The van der Waals surface area contributed by atoms with Crippen molar-refractivity contribution in [3.8, 4) is 0 Å². The third kappa shape index (κ3) is 48.4. The Labute approximate surface area is 397 Å². The molecule has 64 heavy (non-hydrogen) atoms. The Morgan fingerprint density at radius 1 is 0.562 bits per heavy atom. The van der Waals surface area contributed by atoms with Crippen LogP contribution in [0.15, 0.2) is 48.6 Å². The second-order valence-corrected chi connectivity index (χ2v) is 21.0. The highest BCUT2D eigenvalue weighted by atomic mass is 31.2. The van der Waals surface area contributed by atoms with Crippen LogP contribution in [0.1, 0.15) is 245 Å². The van der Waals surface area contributed by atoms with Gasteiger partial charge in [-0.3, -0.25) is 9.36 Å². The maximum absolute atomic E-state index is 12.9. The van der Waals surface area contributed by atoms with E-state index in [2.05, 4.69) is 55.6 Å². The number of nitrogens with one attached hydrogen (secondary N) is 1. The lowest BCUT2D eigenvalue weighted by Crippen LogP contribution is -2.45. The fourth-order valence-electron chi connectivity index (χ4n) is 7.82. The maximum atomic E-state index is 12.9. The molecule has 8 nitrogen and oxygen atoms in total. The average Bonchev–Trinajstić information content (AvgIpc) is 3.25. The highest BCUT2D eigenvalue weighted by molar-refractivity contribution is 7.45. The minimum atomic E-state index is -4.60. The van der Waals surface area contributed by atoms with Crippen molar-refractivity contribution in [2.75, 3.05) is 40.9 Å². The number of aliphatic hydroxyl groups excluding tert-OH is 1. The topological polar surface area (TPSA) is 108 Å². The van der Waals surface area contributed by atoms with Gasteiger partial charge < -0.3 is 28.8 Å². The summed E-state index contributed by atoms with van der Waals surface area (Å²) in [7, 11) is 1.25. The Kier molecular flexibility index (Phi) is 45.4. The molecular weight excluding hydrogens is 816 g/mol. The quantitative estimate of drug-likeness (QED) is 0.0272. The molecule has 0 aromatic rings. The minimum Gasteiger partial charge on any atom is -0.756 e. The smallest absolute Gasteiger partial charge is 0.268 e. The minimum absolute atomic E-state index is 0.00415. The molecule has 0 saturated heterocycles. The number of carbonyl (C=O) groups is 1. The number of phosphoric acid groups is 1. The Morgan fingerprint density at radius 3 is 1.39 bits per heavy atom. The predicted octanol–water partition coefficient (Wildman–Crippen LogP) is 15.3. The number of amides is 1. The van der Waals surface area contributed by atoms with Crippen molar-refractivity contribution in [3.63, 3.8) is 0 Å². The zero-order chi connectivity index (χ0) is 47.1. The highest BCUT2D eigenvalue weighted by Crippen LogP contribution is 2.38. The van der Waals surface area contributed by atoms with Crippen molar-refractivity contribution in [2.24, 2.45) is 0 Å². The van der Waals surface area contributed by atoms with Gasteiger partial charge in [-0.15, -0.1) is 0 Å². The molecule has 0 aliphatic rings. The summed E-state index contributed by atoms with van der Waals surface area (Å²) in [5, 5.41) is 13.9. The summed E-state index contributed by atoms with van der Waals surface area (Å²) in [6, 6.07) is -0.893. The zero-order valence-corrected chi connectivity index (χ0v) is 43.6. The Morgan fingerprint density at radius 2 is 0.953 bits per heavy atom. The maximum Gasteiger partial charge on any atom is 0.268 e. The van der Waals surface area contributed by atoms with E-state index in [0.717, 1.165) is 70.6 Å². The van der Waals surface area contributed by atoms with Crippen LogP contribution in [0.4, 0.5) is 0 Å². The lowest BCUT2D eigenvalue weighted by Gasteiger charge is -2.29. The number of carbonyl (C=O) groups excluding carboxylic acids is 1. The first kappa shape index (κ1) is 62.5. The van der Waals surface area contributed by atoms with Crippen LogP contribution in [-0.2, 0) is 18.4 Å². The fourth-order valence-corrected chi connectivity index (χ4v) is 8.54. The first-order chi connectivity index (χ1) is 31.0. The molecule has 2 N–H and O–H groups in total. The number of hydrogen-bond donors (Lipinski definition) is 2. The molecule has 3 atom stereocenters. The Bertz CT molecular complexity index is 1180. The monoisotopic (exact) mass is 921 g/mol. The van der Waals surface area contributed by atoms with Gasteiger partial charge in [0.2, 0.25) is 5.91 Å². The number of rotatable bonds is 49. The fraction of sp³-hybridized carbons (Fsp3) is 0.836. The number of phosphoric ester groups is 1. The molecular formula is C55H105N2O6P. The first-order valence-corrected chi connectivity index (χ1v) is 28.5. The van der Waals surface area contributed by atoms with Crippen LogP contribution in [0.3, 0.4) is 0 Å². The molecule has 9 heteroatoms. The summed E-state index contributed by atoms with van der Waals surface area (Å²) in [6.07, 6.45) is 60.3. The normalized spacial score (nSPS) is 14.4. The Hall–Kier alpha value is -1.54. The summed E-state index contributed by atoms with van der Waals surface area (Å²) in [5.41, 5.74) is 0. The number of quaternary nitrogens is 1. The van der Waals surface area contributed by atoms with Crippen LogP contribution in [0.5, 0.6) is 0 Å². The van der Waals surface area contributed by atoms with Crippen LogP contribution >= 0.6 is 7.82 Å². The largest absolute Gasteiger partial charge is 0.756 e. The molecule has 0 spiro atoms. The van der Waals surface area contributed by atoms with Crippen LogP contribution in [0.25, 0.3) is 0 Å². The van der Waals surface area contributed by atoms with Crippen molar-refractivity contribution in [1.29, 1.82) is 0 Å². The second kappa shape index (κ2) is 46.6. The number of likely N-dealkylation sites (N-methyl/N-ethyl adjacent to an activating group) is 1. The van der Waals surface area contributed by atoms with E-state index < -0.39 is 20.0 Å². The molecule has 0 fully saturated rings. The highest BCUT2D eigenvalue weighted by Gasteiger charge is 2.23. The molecule has 1 amide bonds. The van der Waals surface area contributed by atoms with E-state index >= 15 is 0 Å². The number of allylic oxidation sites excluding steroid dienone is 7. The first-order valence-electron chi connectivity index (χ1n) is 27.0. The van der Waals surface area contributed by atoms with Gasteiger partial charge in [-0.05, 0) is 51.4 Å². The van der Waals surface area contributed by atoms with Gasteiger partial charge in [0.15, 0.2) is 0 Å². The number of aliphatic hydroxyl groups is 1. The van der Waals surface area contributed by atoms with Crippen LogP contribution in [-0.4, -0.2) is 68.5 Å². The van der Waals surface area contributed by atoms with Crippen molar-refractivity contribution in [1.82, 2.24) is 5.32 Å². The van der Waals surface area contributed by atoms with E-state index in [4.69, 9.17) is 9.05 Å². The number of nitrogens with zero attached hydrogens (tertiary/aromatic N) is 1. The molecule has 0 aromatic heterocycles. The molecule has 0 saturated carbocycles. The van der Waals surface area contributed by atoms with Gasteiger partial charge in [-0.1, -0.05) is 236 Å². The molecule has 0 radical (unpaired) electrons. The summed E-state index contributed by atoms with van der Waals surface area (Å²) in [5.74, 6) is -0.207. The summed E-state index contributed by atoms with van der Waals surface area (Å²) >= 11 is 0. The van der Waals surface area contributed by atoms with Crippen molar-refractivity contribution in [2.45, 2.75) is 257 Å². The molecule has 376 valence electrons. The van der Waals surface area contributed by atoms with Gasteiger partial charge in [-0.25, -0.2) is 0 Å². The van der Waals surface area contributed by atoms with Crippen molar-refractivity contribution >= 4 is 13.7 Å². The van der Waals surface area contributed by atoms with E-state index in [1.807, 2.05) is 27.2 Å². The SMILES string of the molecule is CC/C=C\C/C=C\C/C=C\CCCCCCCCCC(=O)NC(COP(=O)([O-])OCC[N+](C)(C)C)C(O)/C=C/CCCCCCCCCCCCCCCCCCCCCCCCC. The standard InChI is InChI=1S/C55H105N2O6P/c1-6-8-10-12-14-16-18-20-22-24-25-26-27-28-29-30-31-33-34-36-38-40-42-44-46-48-54(58)53(52-63-64(60,61)62-51-50-57(3,4)5)56-55(59)49-47-45-43-41-39-37-35-32-23-21-19-17-15-13-11-9-7-2/h9,11,15,17,21,23,46,48,53-54,58H,6-8,10,12-14,16,18-20,22,24-45,47,49-52H2,1-5H3,(H-,56,59,60,61)/b11-9-,17-15-,23-21-,48-46+.